The molecule has 0 fully saturated rings. The van der Waals surface area contributed by atoms with E-state index in [0.717, 1.165) is 29.4 Å². The molecule has 2 nitrogen and oxygen atoms in total. The second-order valence-corrected chi connectivity index (χ2v) is 5.99. The number of ketones is 1. The minimum atomic E-state index is 0.0946. The van der Waals surface area contributed by atoms with Crippen LogP contribution in [0.5, 0.6) is 0 Å². The summed E-state index contributed by atoms with van der Waals surface area (Å²) in [6.45, 7) is 2.00. The van der Waals surface area contributed by atoms with Gasteiger partial charge in [-0.2, -0.15) is 0 Å². The fraction of sp³-hybridized carbons (Fsp3) is 0.235. The van der Waals surface area contributed by atoms with Gasteiger partial charge in [-0.1, -0.05) is 24.3 Å². The van der Waals surface area contributed by atoms with Gasteiger partial charge < -0.3 is 4.42 Å². The smallest absolute Gasteiger partial charge is 0.198 e. The number of carbonyl (C=O) groups is 1. The third-order valence-electron chi connectivity index (χ3n) is 3.42. The van der Waals surface area contributed by atoms with Gasteiger partial charge in [0.25, 0.3) is 0 Å². The summed E-state index contributed by atoms with van der Waals surface area (Å²) in [7, 11) is 0. The maximum atomic E-state index is 12.2. The summed E-state index contributed by atoms with van der Waals surface area (Å²) in [6.07, 6.45) is 2.37. The highest BCUT2D eigenvalue weighted by Gasteiger charge is 2.13. The van der Waals surface area contributed by atoms with Crippen molar-refractivity contribution >= 4 is 28.1 Å². The molecule has 0 bridgehead atoms. The zero-order valence-corrected chi connectivity index (χ0v) is 12.2. The Labute approximate surface area is 122 Å². The lowest BCUT2D eigenvalue weighted by Gasteiger charge is -1.97. The Bertz CT molecular complexity index is 723. The number of benzene rings is 1. The number of hydrogen-bond acceptors (Lipinski definition) is 3. The summed E-state index contributed by atoms with van der Waals surface area (Å²) >= 11 is 1.74. The molecule has 2 aromatic heterocycles. The number of thiophene rings is 1. The molecule has 0 atom stereocenters. The lowest BCUT2D eigenvalue weighted by Crippen LogP contribution is -1.97. The topological polar surface area (TPSA) is 30.2 Å². The lowest BCUT2D eigenvalue weighted by molar-refractivity contribution is 0.0955. The van der Waals surface area contributed by atoms with Crippen LogP contribution in [-0.2, 0) is 6.42 Å². The highest BCUT2D eigenvalue weighted by Crippen LogP contribution is 2.24. The molecule has 0 amide bonds. The molecule has 3 rings (SSSR count). The predicted octanol–water partition coefficient (Wildman–Crippen LogP) is 5.01. The van der Waals surface area contributed by atoms with Crippen LogP contribution in [-0.4, -0.2) is 5.78 Å². The van der Waals surface area contributed by atoms with Gasteiger partial charge in [0.1, 0.15) is 5.58 Å². The Kier molecular flexibility index (Phi) is 3.70. The van der Waals surface area contributed by atoms with Crippen molar-refractivity contribution in [3.8, 4) is 0 Å². The van der Waals surface area contributed by atoms with Crippen molar-refractivity contribution in [3.05, 3.63) is 58.0 Å². The van der Waals surface area contributed by atoms with E-state index in [1.807, 2.05) is 37.3 Å². The van der Waals surface area contributed by atoms with Gasteiger partial charge in [-0.15, -0.1) is 11.3 Å². The maximum absolute atomic E-state index is 12.2. The van der Waals surface area contributed by atoms with Crippen molar-refractivity contribution in [1.29, 1.82) is 0 Å². The molecular formula is C17H16O2S. The van der Waals surface area contributed by atoms with Crippen LogP contribution in [0.2, 0.25) is 0 Å². The zero-order valence-electron chi connectivity index (χ0n) is 11.4. The highest BCUT2D eigenvalue weighted by molar-refractivity contribution is 7.09. The van der Waals surface area contributed by atoms with E-state index in [2.05, 4.69) is 11.4 Å². The van der Waals surface area contributed by atoms with E-state index in [1.165, 1.54) is 4.88 Å². The number of carbonyl (C=O) groups excluding carboxylic acids is 1. The number of para-hydroxylation sites is 1. The third kappa shape index (κ3) is 2.68. The molecule has 0 unspecified atom stereocenters. The molecule has 0 aliphatic rings. The second-order valence-electron chi connectivity index (χ2n) is 4.96. The van der Waals surface area contributed by atoms with Crippen molar-refractivity contribution in [2.24, 2.45) is 0 Å². The monoisotopic (exact) mass is 284 g/mol. The number of aryl methyl sites for hydroxylation is 2. The molecule has 3 heteroatoms. The van der Waals surface area contributed by atoms with Crippen LogP contribution in [0, 0.1) is 6.92 Å². The Morgan fingerprint density at radius 2 is 2.15 bits per heavy atom. The average molecular weight is 284 g/mol. The van der Waals surface area contributed by atoms with Crippen molar-refractivity contribution in [2.45, 2.75) is 26.2 Å². The first kappa shape index (κ1) is 13.1. The lowest BCUT2D eigenvalue weighted by atomic mass is 10.1. The zero-order chi connectivity index (χ0) is 13.9. The quantitative estimate of drug-likeness (QED) is 0.617. The summed E-state index contributed by atoms with van der Waals surface area (Å²) in [6, 6.07) is 12.0. The van der Waals surface area contributed by atoms with E-state index in [9.17, 15) is 4.79 Å². The van der Waals surface area contributed by atoms with Crippen LogP contribution < -0.4 is 0 Å². The van der Waals surface area contributed by atoms with Gasteiger partial charge >= 0.3 is 0 Å². The molecule has 0 radical (unpaired) electrons. The number of furan rings is 1. The number of hydrogen-bond donors (Lipinski definition) is 0. The Morgan fingerprint density at radius 1 is 1.25 bits per heavy atom. The number of rotatable bonds is 5. The van der Waals surface area contributed by atoms with Crippen LogP contribution in [0.25, 0.3) is 11.0 Å². The van der Waals surface area contributed by atoms with Gasteiger partial charge in [0.15, 0.2) is 11.5 Å². The fourth-order valence-electron chi connectivity index (χ4n) is 2.35. The minimum Gasteiger partial charge on any atom is -0.453 e. The van der Waals surface area contributed by atoms with E-state index >= 15 is 0 Å². The Morgan fingerprint density at radius 3 is 2.90 bits per heavy atom. The van der Waals surface area contributed by atoms with Gasteiger partial charge in [0.05, 0.1) is 0 Å². The van der Waals surface area contributed by atoms with Crippen LogP contribution in [0.1, 0.15) is 33.8 Å². The van der Waals surface area contributed by atoms with Gasteiger partial charge in [-0.25, -0.2) is 0 Å². The maximum Gasteiger partial charge on any atom is 0.198 e. The molecule has 0 aliphatic carbocycles. The standard InChI is InChI=1S/C17H16O2S/c1-12-5-2-6-13-11-16(19-17(12)13)15(18)9-3-7-14-8-4-10-20-14/h2,4-6,8,10-11H,3,7,9H2,1H3. The molecular weight excluding hydrogens is 268 g/mol. The van der Waals surface area contributed by atoms with Gasteiger partial charge in [-0.05, 0) is 42.8 Å². The van der Waals surface area contributed by atoms with Gasteiger partial charge in [-0.3, -0.25) is 4.79 Å². The summed E-state index contributed by atoms with van der Waals surface area (Å²) in [4.78, 5) is 13.5. The molecule has 0 spiro atoms. The normalized spacial score (nSPS) is 11.1. The van der Waals surface area contributed by atoms with E-state index in [1.54, 1.807) is 11.3 Å². The number of fused-ring (bicyclic) bond motifs is 1. The van der Waals surface area contributed by atoms with Gasteiger partial charge in [0.2, 0.25) is 0 Å². The van der Waals surface area contributed by atoms with E-state index in [4.69, 9.17) is 4.42 Å². The third-order valence-corrected chi connectivity index (χ3v) is 4.36. The van der Waals surface area contributed by atoms with E-state index < -0.39 is 0 Å². The van der Waals surface area contributed by atoms with E-state index in [0.29, 0.717) is 12.2 Å². The molecule has 102 valence electrons. The largest absolute Gasteiger partial charge is 0.453 e. The molecule has 0 N–H and O–H groups in total. The Balaban J connectivity index is 1.68. The molecule has 1 aromatic carbocycles. The highest BCUT2D eigenvalue weighted by atomic mass is 32.1. The first-order valence-electron chi connectivity index (χ1n) is 6.79. The Hall–Kier alpha value is -1.87. The second kappa shape index (κ2) is 5.63. The van der Waals surface area contributed by atoms with Crippen molar-refractivity contribution in [2.75, 3.05) is 0 Å². The fourth-order valence-corrected chi connectivity index (χ4v) is 3.10. The number of Topliss-reactive ketones (excluding diaryl/α,β-unsaturated/α-hetero) is 1. The molecule has 0 saturated carbocycles. The molecule has 0 aliphatic heterocycles. The van der Waals surface area contributed by atoms with Crippen LogP contribution in [0.3, 0.4) is 0 Å². The summed E-state index contributed by atoms with van der Waals surface area (Å²) in [5.74, 6) is 0.581. The molecule has 2 heterocycles. The molecule has 0 saturated heterocycles. The summed E-state index contributed by atoms with van der Waals surface area (Å²) < 4.78 is 5.70. The van der Waals surface area contributed by atoms with Crippen LogP contribution >= 0.6 is 11.3 Å². The first-order valence-corrected chi connectivity index (χ1v) is 7.67. The van der Waals surface area contributed by atoms with Crippen molar-refractivity contribution in [3.63, 3.8) is 0 Å². The molecule has 3 aromatic rings. The van der Waals surface area contributed by atoms with Crippen LogP contribution in [0.15, 0.2) is 46.2 Å². The van der Waals surface area contributed by atoms with Crippen LogP contribution in [0.4, 0.5) is 0 Å². The summed E-state index contributed by atoms with van der Waals surface area (Å²) in [5, 5.41) is 3.07. The summed E-state index contributed by atoms with van der Waals surface area (Å²) in [5.41, 5.74) is 1.90. The predicted molar refractivity (Wildman–Crippen MR) is 82.5 cm³/mol. The minimum absolute atomic E-state index is 0.0946. The van der Waals surface area contributed by atoms with Crippen molar-refractivity contribution < 1.29 is 9.21 Å². The van der Waals surface area contributed by atoms with Gasteiger partial charge in [0, 0.05) is 16.7 Å². The molecule has 20 heavy (non-hydrogen) atoms. The van der Waals surface area contributed by atoms with Crippen molar-refractivity contribution in [1.82, 2.24) is 0 Å². The average Bonchev–Trinajstić information content (AvgIpc) is 3.07. The SMILES string of the molecule is Cc1cccc2cc(C(=O)CCCc3cccs3)oc12. The first-order chi connectivity index (χ1) is 9.74. The van der Waals surface area contributed by atoms with E-state index in [-0.39, 0.29) is 5.78 Å².